The number of anilines is 2. The van der Waals surface area contributed by atoms with E-state index in [0.29, 0.717) is 18.3 Å². The maximum absolute atomic E-state index is 12.9. The van der Waals surface area contributed by atoms with Crippen LogP contribution in [-0.4, -0.2) is 32.3 Å². The van der Waals surface area contributed by atoms with Gasteiger partial charge in [0.25, 0.3) is 0 Å². The summed E-state index contributed by atoms with van der Waals surface area (Å²) in [6.45, 7) is 1.89. The van der Waals surface area contributed by atoms with E-state index < -0.39 is 0 Å². The predicted molar refractivity (Wildman–Crippen MR) is 105 cm³/mol. The van der Waals surface area contributed by atoms with Crippen molar-refractivity contribution in [2.24, 2.45) is 0 Å². The number of methoxy groups -OCH3 is 1. The topological polar surface area (TPSA) is 42.0 Å². The van der Waals surface area contributed by atoms with E-state index in [0.717, 1.165) is 40.8 Å². The molecule has 1 atom stereocenters. The summed E-state index contributed by atoms with van der Waals surface area (Å²) in [7, 11) is 1.63. The Morgan fingerprint density at radius 2 is 2.08 bits per heavy atom. The highest BCUT2D eigenvalue weighted by Gasteiger charge is 2.39. The monoisotopic (exact) mass is 416 g/mol. The summed E-state index contributed by atoms with van der Waals surface area (Å²) in [6, 6.07) is 14.0. The molecule has 0 radical (unpaired) electrons. The molecule has 6 heteroatoms. The quantitative estimate of drug-likeness (QED) is 0.733. The highest BCUT2D eigenvalue weighted by atomic mass is 79.9. The molecule has 1 amide bonds. The second-order valence-electron chi connectivity index (χ2n) is 6.62. The zero-order chi connectivity index (χ0) is 18.1. The third kappa shape index (κ3) is 3.14. The van der Waals surface area contributed by atoms with Gasteiger partial charge in [-0.15, -0.1) is 0 Å². The number of benzene rings is 2. The van der Waals surface area contributed by atoms with Gasteiger partial charge in [-0.1, -0.05) is 46.3 Å². The highest BCUT2D eigenvalue weighted by Crippen LogP contribution is 2.47. The number of ether oxygens (including phenoxy) is 2. The Labute approximate surface area is 161 Å². The first-order chi connectivity index (χ1) is 12.7. The van der Waals surface area contributed by atoms with Crippen LogP contribution in [0.5, 0.6) is 5.75 Å². The zero-order valence-corrected chi connectivity index (χ0v) is 16.2. The first-order valence-corrected chi connectivity index (χ1v) is 9.59. The van der Waals surface area contributed by atoms with Crippen LogP contribution in [0.15, 0.2) is 46.9 Å². The summed E-state index contributed by atoms with van der Waals surface area (Å²) in [5.74, 6) is 0.677. The standard InChI is InChI=1S/C20H21BrN2O3/c1-25-18-11-15(21)10-17-19(18)23(12-16-8-5-9-22(16)17)20(24)26-13-14-6-3-2-4-7-14/h2-4,6-7,10-11,16H,5,8-9,12-13H2,1H3/t16-/m0/s1. The lowest BCUT2D eigenvalue weighted by Gasteiger charge is -2.40. The Morgan fingerprint density at radius 1 is 1.27 bits per heavy atom. The van der Waals surface area contributed by atoms with Crippen LogP contribution in [0, 0.1) is 0 Å². The molecule has 2 heterocycles. The summed E-state index contributed by atoms with van der Waals surface area (Å²) in [6.07, 6.45) is 1.88. The van der Waals surface area contributed by atoms with Crippen molar-refractivity contribution < 1.29 is 14.3 Å². The molecule has 2 aromatic rings. The molecule has 2 aromatic carbocycles. The van der Waals surface area contributed by atoms with Crippen LogP contribution < -0.4 is 14.5 Å². The zero-order valence-electron chi connectivity index (χ0n) is 14.7. The maximum atomic E-state index is 12.9. The van der Waals surface area contributed by atoms with Crippen LogP contribution >= 0.6 is 15.9 Å². The number of hydrogen-bond donors (Lipinski definition) is 0. The van der Waals surface area contributed by atoms with Gasteiger partial charge < -0.3 is 14.4 Å². The Bertz CT molecular complexity index is 812. The minimum absolute atomic E-state index is 0.263. The SMILES string of the molecule is COc1cc(Br)cc2c1N(C(=O)OCc1ccccc1)C[C@@H]1CCCN21. The van der Waals surface area contributed by atoms with Crippen LogP contribution in [-0.2, 0) is 11.3 Å². The third-order valence-electron chi connectivity index (χ3n) is 5.01. The molecule has 2 aliphatic rings. The van der Waals surface area contributed by atoms with Gasteiger partial charge in [-0.3, -0.25) is 4.90 Å². The van der Waals surface area contributed by atoms with Crippen molar-refractivity contribution in [3.8, 4) is 5.75 Å². The normalized spacial score (nSPS) is 18.3. The minimum atomic E-state index is -0.331. The van der Waals surface area contributed by atoms with E-state index >= 15 is 0 Å². The number of hydrogen-bond acceptors (Lipinski definition) is 4. The summed E-state index contributed by atoms with van der Waals surface area (Å²) in [5.41, 5.74) is 2.80. The molecular formula is C20H21BrN2O3. The van der Waals surface area contributed by atoms with Gasteiger partial charge in [-0.05, 0) is 30.5 Å². The van der Waals surface area contributed by atoms with E-state index in [1.807, 2.05) is 36.4 Å². The lowest BCUT2D eigenvalue weighted by Crippen LogP contribution is -2.48. The van der Waals surface area contributed by atoms with Crippen molar-refractivity contribution in [3.05, 3.63) is 52.5 Å². The molecular weight excluding hydrogens is 396 g/mol. The predicted octanol–water partition coefficient (Wildman–Crippen LogP) is 4.58. The van der Waals surface area contributed by atoms with Gasteiger partial charge in [0.1, 0.15) is 18.0 Å². The van der Waals surface area contributed by atoms with Crippen molar-refractivity contribution in [1.82, 2.24) is 0 Å². The van der Waals surface area contributed by atoms with Crippen LogP contribution in [0.2, 0.25) is 0 Å². The molecule has 0 bridgehead atoms. The molecule has 2 aliphatic heterocycles. The lowest BCUT2D eigenvalue weighted by atomic mass is 10.1. The first-order valence-electron chi connectivity index (χ1n) is 8.80. The van der Waals surface area contributed by atoms with Gasteiger partial charge in [0.15, 0.2) is 0 Å². The molecule has 4 rings (SSSR count). The number of rotatable bonds is 3. The van der Waals surface area contributed by atoms with E-state index in [-0.39, 0.29) is 12.7 Å². The summed E-state index contributed by atoms with van der Waals surface area (Å²) in [4.78, 5) is 17.0. The van der Waals surface area contributed by atoms with Crippen molar-refractivity contribution in [2.45, 2.75) is 25.5 Å². The van der Waals surface area contributed by atoms with Crippen LogP contribution in [0.25, 0.3) is 0 Å². The number of fused-ring (bicyclic) bond motifs is 3. The largest absolute Gasteiger partial charge is 0.494 e. The van der Waals surface area contributed by atoms with Gasteiger partial charge in [0.2, 0.25) is 0 Å². The first kappa shape index (κ1) is 17.2. The number of carbonyl (C=O) groups is 1. The molecule has 0 aromatic heterocycles. The molecule has 136 valence electrons. The van der Waals surface area contributed by atoms with Crippen molar-refractivity contribution in [3.63, 3.8) is 0 Å². The number of nitrogens with zero attached hydrogens (tertiary/aromatic N) is 2. The summed E-state index contributed by atoms with van der Waals surface area (Å²) in [5, 5.41) is 0. The highest BCUT2D eigenvalue weighted by molar-refractivity contribution is 9.10. The molecule has 0 N–H and O–H groups in total. The fourth-order valence-electron chi connectivity index (χ4n) is 3.81. The Balaban J connectivity index is 1.64. The van der Waals surface area contributed by atoms with Crippen LogP contribution in [0.1, 0.15) is 18.4 Å². The maximum Gasteiger partial charge on any atom is 0.414 e. The van der Waals surface area contributed by atoms with Gasteiger partial charge >= 0.3 is 6.09 Å². The Kier molecular flexibility index (Phi) is 4.76. The van der Waals surface area contributed by atoms with E-state index in [1.54, 1.807) is 12.0 Å². The van der Waals surface area contributed by atoms with Gasteiger partial charge in [-0.25, -0.2) is 4.79 Å². The summed E-state index contributed by atoms with van der Waals surface area (Å²) < 4.78 is 12.1. The van der Waals surface area contributed by atoms with Gasteiger partial charge in [-0.2, -0.15) is 0 Å². The number of carbonyl (C=O) groups excluding carboxylic acids is 1. The molecule has 0 unspecified atom stereocenters. The van der Waals surface area contributed by atoms with E-state index in [4.69, 9.17) is 9.47 Å². The number of halogens is 1. The summed E-state index contributed by atoms with van der Waals surface area (Å²) >= 11 is 3.56. The molecule has 0 saturated carbocycles. The van der Waals surface area contributed by atoms with Crippen molar-refractivity contribution in [1.29, 1.82) is 0 Å². The van der Waals surface area contributed by atoms with E-state index in [9.17, 15) is 4.79 Å². The minimum Gasteiger partial charge on any atom is -0.494 e. The van der Waals surface area contributed by atoms with Crippen molar-refractivity contribution in [2.75, 3.05) is 30.0 Å². The van der Waals surface area contributed by atoms with E-state index in [2.05, 4.69) is 26.9 Å². The lowest BCUT2D eigenvalue weighted by molar-refractivity contribution is 0.146. The molecule has 26 heavy (non-hydrogen) atoms. The fraction of sp³-hybridized carbons (Fsp3) is 0.350. The van der Waals surface area contributed by atoms with Crippen LogP contribution in [0.3, 0.4) is 0 Å². The Morgan fingerprint density at radius 3 is 2.85 bits per heavy atom. The molecule has 5 nitrogen and oxygen atoms in total. The molecule has 1 fully saturated rings. The van der Waals surface area contributed by atoms with Gasteiger partial charge in [0, 0.05) is 23.6 Å². The number of amides is 1. The average Bonchev–Trinajstić information content (AvgIpc) is 3.14. The molecule has 0 aliphatic carbocycles. The molecule has 0 spiro atoms. The third-order valence-corrected chi connectivity index (χ3v) is 5.47. The average molecular weight is 417 g/mol. The second-order valence-corrected chi connectivity index (χ2v) is 7.53. The van der Waals surface area contributed by atoms with Gasteiger partial charge in [0.05, 0.1) is 12.8 Å². The second kappa shape index (κ2) is 7.19. The van der Waals surface area contributed by atoms with Crippen molar-refractivity contribution >= 4 is 33.4 Å². The fourth-order valence-corrected chi connectivity index (χ4v) is 4.24. The Hall–Kier alpha value is -2.21. The van der Waals surface area contributed by atoms with E-state index in [1.165, 1.54) is 0 Å². The smallest absolute Gasteiger partial charge is 0.414 e. The molecule has 1 saturated heterocycles. The van der Waals surface area contributed by atoms with Crippen LogP contribution in [0.4, 0.5) is 16.2 Å².